The average molecular weight is 412 g/mol. The van der Waals surface area contributed by atoms with E-state index in [1.165, 1.54) is 26.5 Å². The topological polar surface area (TPSA) is 45.1 Å². The zero-order valence-electron chi connectivity index (χ0n) is 17.2. The molecule has 0 bridgehead atoms. The predicted molar refractivity (Wildman–Crippen MR) is 119 cm³/mol. The number of thiophene rings is 1. The molecule has 5 nitrogen and oxygen atoms in total. The van der Waals surface area contributed by atoms with Gasteiger partial charge < -0.3 is 9.74 Å². The molecule has 2 aliphatic heterocycles. The van der Waals surface area contributed by atoms with Crippen LogP contribution in [0, 0.1) is 0 Å². The highest BCUT2D eigenvalue weighted by molar-refractivity contribution is 7.17. The molecule has 0 aliphatic carbocycles. The summed E-state index contributed by atoms with van der Waals surface area (Å²) in [6, 6.07) is 13.1. The highest BCUT2D eigenvalue weighted by Crippen LogP contribution is 2.29. The second-order valence-corrected chi connectivity index (χ2v) is 9.09. The summed E-state index contributed by atoms with van der Waals surface area (Å²) in [6.45, 7) is 5.38. The fourth-order valence-electron chi connectivity index (χ4n) is 4.45. The smallest absolute Gasteiger partial charge is 0.254 e. The molecule has 2 saturated heterocycles. The second-order valence-electron chi connectivity index (χ2n) is 7.98. The first-order valence-electron chi connectivity index (χ1n) is 10.5. The normalized spacial score (nSPS) is 22.6. The van der Waals surface area contributed by atoms with E-state index < -0.39 is 0 Å². The monoisotopic (exact) mass is 411 g/mol. The van der Waals surface area contributed by atoms with Crippen molar-refractivity contribution < 1.29 is 9.63 Å². The van der Waals surface area contributed by atoms with E-state index in [1.54, 1.807) is 17.6 Å². The molecule has 29 heavy (non-hydrogen) atoms. The van der Waals surface area contributed by atoms with Crippen molar-refractivity contribution in [2.24, 2.45) is 5.16 Å². The van der Waals surface area contributed by atoms with E-state index >= 15 is 0 Å². The Hall–Kier alpha value is -2.18. The Bertz CT molecular complexity index is 861. The molecule has 3 heterocycles. The van der Waals surface area contributed by atoms with Crippen LogP contribution in [0.25, 0.3) is 10.4 Å². The van der Waals surface area contributed by atoms with Crippen LogP contribution < -0.4 is 0 Å². The van der Waals surface area contributed by atoms with Crippen LogP contribution in [0.4, 0.5) is 0 Å². The Morgan fingerprint density at radius 1 is 1.17 bits per heavy atom. The van der Waals surface area contributed by atoms with Gasteiger partial charge in [-0.05, 0) is 69.0 Å². The van der Waals surface area contributed by atoms with Gasteiger partial charge in [-0.2, -0.15) is 0 Å². The minimum Gasteiger partial charge on any atom is -0.399 e. The molecule has 2 aliphatic rings. The number of oxime groups is 1. The molecular formula is C23H29N3O2S. The summed E-state index contributed by atoms with van der Waals surface area (Å²) in [6.07, 6.45) is 6.50. The Morgan fingerprint density at radius 2 is 1.97 bits per heavy atom. The first kappa shape index (κ1) is 20.1. The first-order chi connectivity index (χ1) is 14.2. The van der Waals surface area contributed by atoms with Gasteiger partial charge in [-0.1, -0.05) is 17.3 Å². The lowest BCUT2D eigenvalue weighted by atomic mass is 10.1. The standard InChI is InChI=1S/C23H29N3O2S/c1-17-5-3-13-25(17)16-20-6-4-14-26(20)23(27)19-9-7-18(8-10-19)22-12-11-21(29-22)15-24-28-2/h7-12,15,17,20H,3-6,13-14,16H2,1-2H3. The lowest BCUT2D eigenvalue weighted by Crippen LogP contribution is -2.44. The van der Waals surface area contributed by atoms with Crippen LogP contribution in [-0.4, -0.2) is 60.7 Å². The molecule has 2 unspecified atom stereocenters. The molecule has 2 fully saturated rings. The van der Waals surface area contributed by atoms with Crippen LogP contribution in [0.3, 0.4) is 0 Å². The molecule has 1 aromatic carbocycles. The van der Waals surface area contributed by atoms with Gasteiger partial charge in [0.05, 0.1) is 6.21 Å². The number of hydrogen-bond donors (Lipinski definition) is 0. The Labute approximate surface area is 177 Å². The summed E-state index contributed by atoms with van der Waals surface area (Å²) in [4.78, 5) is 24.8. The quantitative estimate of drug-likeness (QED) is 0.520. The lowest BCUT2D eigenvalue weighted by molar-refractivity contribution is 0.0697. The largest absolute Gasteiger partial charge is 0.399 e. The summed E-state index contributed by atoms with van der Waals surface area (Å²) >= 11 is 1.65. The number of nitrogens with zero attached hydrogens (tertiary/aromatic N) is 3. The maximum absolute atomic E-state index is 13.2. The number of amides is 1. The predicted octanol–water partition coefficient (Wildman–Crippen LogP) is 4.48. The zero-order valence-corrected chi connectivity index (χ0v) is 18.0. The van der Waals surface area contributed by atoms with Gasteiger partial charge in [0.25, 0.3) is 5.91 Å². The van der Waals surface area contributed by atoms with E-state index in [0.717, 1.165) is 46.8 Å². The van der Waals surface area contributed by atoms with Gasteiger partial charge in [0.15, 0.2) is 0 Å². The van der Waals surface area contributed by atoms with Gasteiger partial charge in [-0.25, -0.2) is 0 Å². The third-order valence-electron chi connectivity index (χ3n) is 6.10. The van der Waals surface area contributed by atoms with Crippen molar-refractivity contribution in [3.05, 3.63) is 46.8 Å². The minimum atomic E-state index is 0.171. The summed E-state index contributed by atoms with van der Waals surface area (Å²) < 4.78 is 0. The van der Waals surface area contributed by atoms with Gasteiger partial charge >= 0.3 is 0 Å². The van der Waals surface area contributed by atoms with Crippen molar-refractivity contribution >= 4 is 23.5 Å². The Morgan fingerprint density at radius 3 is 2.69 bits per heavy atom. The van der Waals surface area contributed by atoms with Crippen molar-refractivity contribution in [3.63, 3.8) is 0 Å². The molecule has 0 radical (unpaired) electrons. The van der Waals surface area contributed by atoms with Crippen molar-refractivity contribution in [3.8, 4) is 10.4 Å². The zero-order chi connectivity index (χ0) is 20.2. The van der Waals surface area contributed by atoms with Gasteiger partial charge in [-0.15, -0.1) is 11.3 Å². The van der Waals surface area contributed by atoms with Crippen LogP contribution in [0.2, 0.25) is 0 Å². The third kappa shape index (κ3) is 4.54. The number of benzene rings is 1. The van der Waals surface area contributed by atoms with E-state index in [4.69, 9.17) is 4.84 Å². The summed E-state index contributed by atoms with van der Waals surface area (Å²) in [5.41, 5.74) is 1.90. The number of likely N-dealkylation sites (tertiary alicyclic amines) is 2. The molecular weight excluding hydrogens is 382 g/mol. The highest BCUT2D eigenvalue weighted by Gasteiger charge is 2.32. The molecule has 1 aromatic heterocycles. The molecule has 0 saturated carbocycles. The van der Waals surface area contributed by atoms with E-state index in [0.29, 0.717) is 12.1 Å². The highest BCUT2D eigenvalue weighted by atomic mass is 32.1. The molecule has 2 atom stereocenters. The molecule has 0 spiro atoms. The Balaban J connectivity index is 1.43. The number of hydrogen-bond acceptors (Lipinski definition) is 5. The summed E-state index contributed by atoms with van der Waals surface area (Å²) in [5, 5.41) is 3.81. The van der Waals surface area contributed by atoms with Crippen LogP contribution in [-0.2, 0) is 4.84 Å². The minimum absolute atomic E-state index is 0.171. The molecule has 0 N–H and O–H groups in total. The summed E-state index contributed by atoms with van der Waals surface area (Å²) in [7, 11) is 1.54. The fourth-order valence-corrected chi connectivity index (χ4v) is 5.33. The third-order valence-corrected chi connectivity index (χ3v) is 7.17. The second kappa shape index (κ2) is 9.09. The van der Waals surface area contributed by atoms with Gasteiger partial charge in [0.1, 0.15) is 7.11 Å². The van der Waals surface area contributed by atoms with Crippen LogP contribution in [0.1, 0.15) is 47.8 Å². The van der Waals surface area contributed by atoms with Gasteiger partial charge in [-0.3, -0.25) is 9.69 Å². The van der Waals surface area contributed by atoms with Crippen LogP contribution in [0.5, 0.6) is 0 Å². The van der Waals surface area contributed by atoms with Crippen molar-refractivity contribution in [2.45, 2.75) is 44.7 Å². The van der Waals surface area contributed by atoms with Gasteiger partial charge in [0, 0.05) is 40.5 Å². The van der Waals surface area contributed by atoms with Crippen molar-refractivity contribution in [1.29, 1.82) is 0 Å². The van der Waals surface area contributed by atoms with Gasteiger partial charge in [0.2, 0.25) is 0 Å². The molecule has 154 valence electrons. The van der Waals surface area contributed by atoms with Crippen molar-refractivity contribution in [2.75, 3.05) is 26.7 Å². The van der Waals surface area contributed by atoms with Crippen molar-refractivity contribution in [1.82, 2.24) is 9.80 Å². The number of carbonyl (C=O) groups excluding carboxylic acids is 1. The Kier molecular flexibility index (Phi) is 6.31. The average Bonchev–Trinajstić information content (AvgIpc) is 3.48. The maximum atomic E-state index is 13.2. The summed E-state index contributed by atoms with van der Waals surface area (Å²) in [5.74, 6) is 0.171. The molecule has 6 heteroatoms. The number of carbonyl (C=O) groups is 1. The molecule has 4 rings (SSSR count). The molecule has 1 amide bonds. The van der Waals surface area contributed by atoms with E-state index in [-0.39, 0.29) is 5.91 Å². The molecule has 2 aromatic rings. The maximum Gasteiger partial charge on any atom is 0.254 e. The SMILES string of the molecule is CON=Cc1ccc(-c2ccc(C(=O)N3CCCC3CN3CCCC3C)cc2)s1. The lowest BCUT2D eigenvalue weighted by Gasteiger charge is -2.30. The van der Waals surface area contributed by atoms with E-state index in [2.05, 4.69) is 27.9 Å². The van der Waals surface area contributed by atoms with Crippen LogP contribution in [0.15, 0.2) is 41.6 Å². The first-order valence-corrected chi connectivity index (χ1v) is 11.3. The fraction of sp³-hybridized carbons (Fsp3) is 0.478. The number of rotatable bonds is 6. The van der Waals surface area contributed by atoms with E-state index in [9.17, 15) is 4.79 Å². The van der Waals surface area contributed by atoms with E-state index in [1.807, 2.05) is 30.3 Å². The van der Waals surface area contributed by atoms with Crippen LogP contribution >= 0.6 is 11.3 Å².